The molecule has 0 fully saturated rings. The van der Waals surface area contributed by atoms with Crippen LogP contribution in [0.2, 0.25) is 0 Å². The Morgan fingerprint density at radius 2 is 0.600 bits per heavy atom. The van der Waals surface area contributed by atoms with Crippen molar-refractivity contribution >= 4 is 11.9 Å². The SMILES string of the molecule is CCCCC/C=C\C/C=C\C/C=C\CCCCCCCCC(=O)OCC(COCCCCCCCC/C=C\CCCCCCCC)OC(=O)CCCCCCCCCCC/C=C\C/C=C\CCCCC. The molecule has 0 rings (SSSR count). The van der Waals surface area contributed by atoms with Crippen LogP contribution in [0, 0.1) is 0 Å². The third kappa shape index (κ3) is 57.9. The lowest BCUT2D eigenvalue weighted by Gasteiger charge is -2.18. The minimum Gasteiger partial charge on any atom is -0.462 e. The predicted octanol–water partition coefficient (Wildman–Crippen LogP) is 21.0. The molecule has 5 nitrogen and oxygen atoms in total. The number of ether oxygens (including phenoxy) is 3. The van der Waals surface area contributed by atoms with E-state index in [1.807, 2.05) is 0 Å². The highest BCUT2D eigenvalue weighted by Crippen LogP contribution is 2.15. The van der Waals surface area contributed by atoms with E-state index < -0.39 is 6.10 Å². The van der Waals surface area contributed by atoms with E-state index in [0.29, 0.717) is 19.4 Å². The van der Waals surface area contributed by atoms with Crippen molar-refractivity contribution < 1.29 is 23.8 Å². The molecule has 0 spiro atoms. The van der Waals surface area contributed by atoms with Gasteiger partial charge in [-0.1, -0.05) is 248 Å². The maximum Gasteiger partial charge on any atom is 0.306 e. The van der Waals surface area contributed by atoms with E-state index in [1.54, 1.807) is 0 Å². The molecule has 0 aliphatic heterocycles. The van der Waals surface area contributed by atoms with Gasteiger partial charge >= 0.3 is 11.9 Å². The molecule has 0 aliphatic carbocycles. The Balaban J connectivity index is 4.31. The Morgan fingerprint density at radius 1 is 0.314 bits per heavy atom. The first-order chi connectivity index (χ1) is 34.6. The van der Waals surface area contributed by atoms with Crippen LogP contribution < -0.4 is 0 Å². The molecular weight excluding hydrogens is 861 g/mol. The normalized spacial score (nSPS) is 12.7. The van der Waals surface area contributed by atoms with Gasteiger partial charge in [0.05, 0.1) is 6.61 Å². The monoisotopic (exact) mass is 977 g/mol. The highest BCUT2D eigenvalue weighted by atomic mass is 16.6. The van der Waals surface area contributed by atoms with Crippen LogP contribution in [0.4, 0.5) is 0 Å². The second-order valence-electron chi connectivity index (χ2n) is 20.2. The molecule has 1 atom stereocenters. The molecule has 0 aliphatic rings. The van der Waals surface area contributed by atoms with Gasteiger partial charge in [-0.05, 0) is 116 Å². The van der Waals surface area contributed by atoms with E-state index in [-0.39, 0.29) is 25.2 Å². The number of allylic oxidation sites excluding steroid dienone is 12. The van der Waals surface area contributed by atoms with Gasteiger partial charge in [-0.2, -0.15) is 0 Å². The summed E-state index contributed by atoms with van der Waals surface area (Å²) in [4.78, 5) is 25.6. The molecule has 5 heteroatoms. The quantitative estimate of drug-likeness (QED) is 0.0345. The Labute approximate surface area is 436 Å². The van der Waals surface area contributed by atoms with Crippen molar-refractivity contribution in [2.24, 2.45) is 0 Å². The zero-order chi connectivity index (χ0) is 50.6. The lowest BCUT2D eigenvalue weighted by atomic mass is 10.1. The van der Waals surface area contributed by atoms with Gasteiger partial charge in [-0.25, -0.2) is 0 Å². The van der Waals surface area contributed by atoms with Gasteiger partial charge in [-0.3, -0.25) is 9.59 Å². The average molecular weight is 978 g/mol. The first-order valence-electron chi connectivity index (χ1n) is 30.5. The molecule has 0 heterocycles. The summed E-state index contributed by atoms with van der Waals surface area (Å²) >= 11 is 0. The first kappa shape index (κ1) is 67.3. The molecule has 406 valence electrons. The van der Waals surface area contributed by atoms with Crippen molar-refractivity contribution in [2.75, 3.05) is 19.8 Å². The van der Waals surface area contributed by atoms with E-state index in [9.17, 15) is 9.59 Å². The number of carbonyl (C=O) groups excluding carboxylic acids is 2. The van der Waals surface area contributed by atoms with E-state index in [2.05, 4.69) is 93.7 Å². The zero-order valence-corrected chi connectivity index (χ0v) is 46.8. The van der Waals surface area contributed by atoms with Gasteiger partial charge in [0.1, 0.15) is 6.61 Å². The number of hydrogen-bond acceptors (Lipinski definition) is 5. The van der Waals surface area contributed by atoms with Crippen LogP contribution in [-0.4, -0.2) is 37.9 Å². The Hall–Kier alpha value is -2.66. The molecular formula is C65H116O5. The van der Waals surface area contributed by atoms with Gasteiger partial charge in [-0.15, -0.1) is 0 Å². The molecule has 1 unspecified atom stereocenters. The van der Waals surface area contributed by atoms with Crippen LogP contribution in [0.25, 0.3) is 0 Å². The summed E-state index contributed by atoms with van der Waals surface area (Å²) in [5.74, 6) is -0.410. The summed E-state index contributed by atoms with van der Waals surface area (Å²) in [6.07, 6.45) is 79.2. The summed E-state index contributed by atoms with van der Waals surface area (Å²) in [5, 5.41) is 0. The fraction of sp³-hybridized carbons (Fsp3) is 0.785. The smallest absolute Gasteiger partial charge is 0.306 e. The molecule has 70 heavy (non-hydrogen) atoms. The van der Waals surface area contributed by atoms with Gasteiger partial charge in [0.2, 0.25) is 0 Å². The van der Waals surface area contributed by atoms with Crippen molar-refractivity contribution in [1.82, 2.24) is 0 Å². The van der Waals surface area contributed by atoms with Crippen LogP contribution in [-0.2, 0) is 23.8 Å². The maximum absolute atomic E-state index is 12.9. The van der Waals surface area contributed by atoms with Crippen LogP contribution in [0.5, 0.6) is 0 Å². The lowest BCUT2D eigenvalue weighted by molar-refractivity contribution is -0.163. The van der Waals surface area contributed by atoms with Crippen molar-refractivity contribution in [3.8, 4) is 0 Å². The van der Waals surface area contributed by atoms with Gasteiger partial charge in [0, 0.05) is 19.4 Å². The molecule has 0 amide bonds. The number of hydrogen-bond donors (Lipinski definition) is 0. The number of unbranched alkanes of at least 4 members (excludes halogenated alkanes) is 33. The minimum absolute atomic E-state index is 0.0737. The molecule has 0 radical (unpaired) electrons. The fourth-order valence-corrected chi connectivity index (χ4v) is 8.60. The molecule has 0 aromatic rings. The van der Waals surface area contributed by atoms with E-state index in [0.717, 1.165) is 77.0 Å². The Kier molecular flexibility index (Phi) is 58.3. The standard InChI is InChI=1S/C65H116O5/c1-4-7-10-13-16-19-22-25-28-31-33-35-37-40-43-46-49-52-55-58-64(66)69-62-63(61-68-60-57-54-51-48-45-42-39-30-27-24-21-18-15-12-9-6-3)70-65(67)59-56-53-50-47-44-41-38-36-34-32-29-26-23-20-17-14-11-8-5-2/h16-17,19-20,25-30,33,35,63H,4-15,18,21-24,31-32,34,36-62H2,1-3H3/b19-16-,20-17-,28-25-,29-26-,30-27-,35-33-. The van der Waals surface area contributed by atoms with Gasteiger partial charge < -0.3 is 14.2 Å². The molecule has 0 N–H and O–H groups in total. The zero-order valence-electron chi connectivity index (χ0n) is 46.8. The largest absolute Gasteiger partial charge is 0.462 e. The van der Waals surface area contributed by atoms with Crippen molar-refractivity contribution in [3.05, 3.63) is 72.9 Å². The first-order valence-corrected chi connectivity index (χ1v) is 30.5. The van der Waals surface area contributed by atoms with E-state index in [4.69, 9.17) is 14.2 Å². The van der Waals surface area contributed by atoms with Crippen molar-refractivity contribution in [2.45, 2.75) is 309 Å². The molecule has 0 saturated carbocycles. The third-order valence-corrected chi connectivity index (χ3v) is 13.2. The van der Waals surface area contributed by atoms with Crippen LogP contribution >= 0.6 is 0 Å². The number of esters is 2. The Bertz CT molecular complexity index is 1240. The summed E-state index contributed by atoms with van der Waals surface area (Å²) in [6, 6.07) is 0. The van der Waals surface area contributed by atoms with E-state index in [1.165, 1.54) is 193 Å². The highest BCUT2D eigenvalue weighted by molar-refractivity contribution is 5.70. The summed E-state index contributed by atoms with van der Waals surface area (Å²) in [6.45, 7) is 7.78. The van der Waals surface area contributed by atoms with Crippen molar-refractivity contribution in [3.63, 3.8) is 0 Å². The van der Waals surface area contributed by atoms with E-state index >= 15 is 0 Å². The fourth-order valence-electron chi connectivity index (χ4n) is 8.60. The third-order valence-electron chi connectivity index (χ3n) is 13.2. The minimum atomic E-state index is -0.550. The van der Waals surface area contributed by atoms with Gasteiger partial charge in [0.15, 0.2) is 6.10 Å². The second kappa shape index (κ2) is 60.6. The Morgan fingerprint density at radius 3 is 1.00 bits per heavy atom. The second-order valence-corrected chi connectivity index (χ2v) is 20.2. The predicted molar refractivity (Wildman–Crippen MR) is 307 cm³/mol. The average Bonchev–Trinajstić information content (AvgIpc) is 3.36. The lowest BCUT2D eigenvalue weighted by Crippen LogP contribution is -2.30. The van der Waals surface area contributed by atoms with Gasteiger partial charge in [0.25, 0.3) is 0 Å². The molecule has 0 bridgehead atoms. The molecule has 0 aromatic heterocycles. The topological polar surface area (TPSA) is 61.8 Å². The summed E-state index contributed by atoms with van der Waals surface area (Å²) < 4.78 is 17.5. The highest BCUT2D eigenvalue weighted by Gasteiger charge is 2.17. The summed E-state index contributed by atoms with van der Waals surface area (Å²) in [5.41, 5.74) is 0. The number of rotatable bonds is 56. The summed E-state index contributed by atoms with van der Waals surface area (Å²) in [7, 11) is 0. The molecule has 0 aromatic carbocycles. The maximum atomic E-state index is 12.9. The number of carbonyl (C=O) groups is 2. The van der Waals surface area contributed by atoms with Crippen LogP contribution in [0.1, 0.15) is 303 Å². The van der Waals surface area contributed by atoms with Crippen LogP contribution in [0.3, 0.4) is 0 Å². The van der Waals surface area contributed by atoms with Crippen molar-refractivity contribution in [1.29, 1.82) is 0 Å². The molecule has 0 saturated heterocycles. The van der Waals surface area contributed by atoms with Crippen LogP contribution in [0.15, 0.2) is 72.9 Å².